The first kappa shape index (κ1) is 18.4. The molecule has 136 valence electrons. The van der Waals surface area contributed by atoms with Crippen molar-refractivity contribution in [3.8, 4) is 0 Å². The number of hydrogen-bond acceptors (Lipinski definition) is 5. The first-order chi connectivity index (χ1) is 12.0. The van der Waals surface area contributed by atoms with E-state index in [1.54, 1.807) is 17.4 Å². The van der Waals surface area contributed by atoms with E-state index in [9.17, 15) is 8.42 Å². The van der Waals surface area contributed by atoms with Crippen molar-refractivity contribution in [1.82, 2.24) is 9.71 Å². The molecule has 1 N–H and O–H groups in total. The standard InChI is InChI=1S/C18H25N3O2S2/c1-3-14(4-2)20-25(22,23)15-9-10-18(19-13-15)21-11-5-7-16(21)17-8-6-12-24-17/h6,8-10,12-14,16,20H,3-5,7,11H2,1-2H3. The molecule has 7 heteroatoms. The van der Waals surface area contributed by atoms with E-state index in [1.165, 1.54) is 11.1 Å². The minimum atomic E-state index is -3.51. The molecule has 0 aliphatic carbocycles. The molecule has 0 radical (unpaired) electrons. The van der Waals surface area contributed by atoms with Gasteiger partial charge in [0.15, 0.2) is 0 Å². The molecule has 1 aliphatic heterocycles. The fourth-order valence-corrected chi connectivity index (χ4v) is 5.48. The molecular formula is C18H25N3O2S2. The number of pyridine rings is 1. The second-order valence-corrected chi connectivity index (χ2v) is 9.05. The molecule has 3 rings (SSSR count). The van der Waals surface area contributed by atoms with Gasteiger partial charge in [0.2, 0.25) is 10.0 Å². The first-order valence-electron chi connectivity index (χ1n) is 8.83. The van der Waals surface area contributed by atoms with Gasteiger partial charge in [-0.3, -0.25) is 0 Å². The third kappa shape index (κ3) is 4.04. The Hall–Kier alpha value is -1.44. The molecule has 1 aliphatic rings. The fourth-order valence-electron chi connectivity index (χ4n) is 3.26. The predicted molar refractivity (Wildman–Crippen MR) is 103 cm³/mol. The fraction of sp³-hybridized carbons (Fsp3) is 0.500. The highest BCUT2D eigenvalue weighted by atomic mass is 32.2. The molecule has 2 aromatic heterocycles. The number of nitrogens with zero attached hydrogens (tertiary/aromatic N) is 2. The molecular weight excluding hydrogens is 354 g/mol. The Morgan fingerprint density at radius 1 is 1.32 bits per heavy atom. The van der Waals surface area contributed by atoms with E-state index in [2.05, 4.69) is 32.1 Å². The third-order valence-electron chi connectivity index (χ3n) is 4.76. The summed E-state index contributed by atoms with van der Waals surface area (Å²) in [5.74, 6) is 0.845. The van der Waals surface area contributed by atoms with Gasteiger partial charge in [0.25, 0.3) is 0 Å². The zero-order valence-electron chi connectivity index (χ0n) is 14.7. The quantitative estimate of drug-likeness (QED) is 0.791. The molecule has 0 amide bonds. The van der Waals surface area contributed by atoms with Crippen LogP contribution in [0.15, 0.2) is 40.7 Å². The van der Waals surface area contributed by atoms with Crippen molar-refractivity contribution in [3.63, 3.8) is 0 Å². The zero-order chi connectivity index (χ0) is 17.9. The molecule has 1 saturated heterocycles. The second-order valence-electron chi connectivity index (χ2n) is 6.35. The Morgan fingerprint density at radius 3 is 2.72 bits per heavy atom. The summed E-state index contributed by atoms with van der Waals surface area (Å²) in [5, 5.41) is 2.10. The molecule has 25 heavy (non-hydrogen) atoms. The lowest BCUT2D eigenvalue weighted by atomic mass is 10.2. The molecule has 0 spiro atoms. The van der Waals surface area contributed by atoms with Crippen LogP contribution in [0.3, 0.4) is 0 Å². The molecule has 2 aromatic rings. The van der Waals surface area contributed by atoms with Gasteiger partial charge in [-0.15, -0.1) is 11.3 Å². The predicted octanol–water partition coefficient (Wildman–Crippen LogP) is 3.95. The van der Waals surface area contributed by atoms with Crippen molar-refractivity contribution in [2.75, 3.05) is 11.4 Å². The number of rotatable bonds is 7. The van der Waals surface area contributed by atoms with Crippen LogP contribution < -0.4 is 9.62 Å². The number of sulfonamides is 1. The van der Waals surface area contributed by atoms with Gasteiger partial charge in [-0.25, -0.2) is 18.1 Å². The lowest BCUT2D eigenvalue weighted by Crippen LogP contribution is -2.34. The molecule has 3 heterocycles. The van der Waals surface area contributed by atoms with E-state index in [0.29, 0.717) is 6.04 Å². The van der Waals surface area contributed by atoms with E-state index in [4.69, 9.17) is 0 Å². The maximum atomic E-state index is 12.5. The summed E-state index contributed by atoms with van der Waals surface area (Å²) in [7, 11) is -3.51. The minimum Gasteiger partial charge on any atom is -0.349 e. The maximum absolute atomic E-state index is 12.5. The van der Waals surface area contributed by atoms with E-state index in [1.807, 2.05) is 19.9 Å². The van der Waals surface area contributed by atoms with Gasteiger partial charge < -0.3 is 4.90 Å². The highest BCUT2D eigenvalue weighted by Gasteiger charge is 2.28. The lowest BCUT2D eigenvalue weighted by Gasteiger charge is -2.25. The van der Waals surface area contributed by atoms with Gasteiger partial charge in [0.1, 0.15) is 10.7 Å². The average molecular weight is 380 g/mol. The van der Waals surface area contributed by atoms with Crippen LogP contribution in [0.25, 0.3) is 0 Å². The van der Waals surface area contributed by atoms with Crippen molar-refractivity contribution in [1.29, 1.82) is 0 Å². The summed E-state index contributed by atoms with van der Waals surface area (Å²) in [4.78, 5) is 8.30. The van der Waals surface area contributed by atoms with Crippen molar-refractivity contribution in [2.24, 2.45) is 0 Å². The van der Waals surface area contributed by atoms with E-state index < -0.39 is 10.0 Å². The summed E-state index contributed by atoms with van der Waals surface area (Å²) in [5.41, 5.74) is 0. The average Bonchev–Trinajstić information content (AvgIpc) is 3.30. The van der Waals surface area contributed by atoms with Crippen molar-refractivity contribution in [3.05, 3.63) is 40.7 Å². The normalized spacial score (nSPS) is 18.2. The third-order valence-corrected chi connectivity index (χ3v) is 7.24. The Kier molecular flexibility index (Phi) is 5.76. The van der Waals surface area contributed by atoms with Gasteiger partial charge in [0, 0.05) is 23.7 Å². The van der Waals surface area contributed by atoms with Gasteiger partial charge in [-0.1, -0.05) is 19.9 Å². The summed E-state index contributed by atoms with van der Waals surface area (Å²) < 4.78 is 27.7. The monoisotopic (exact) mass is 379 g/mol. The Morgan fingerprint density at radius 2 is 2.12 bits per heavy atom. The minimum absolute atomic E-state index is 0.0357. The van der Waals surface area contributed by atoms with Crippen LogP contribution in [0.1, 0.15) is 50.4 Å². The van der Waals surface area contributed by atoms with Crippen LogP contribution in [0.2, 0.25) is 0 Å². The van der Waals surface area contributed by atoms with Gasteiger partial charge in [-0.2, -0.15) is 0 Å². The summed E-state index contributed by atoms with van der Waals surface area (Å²) in [6, 6.07) is 8.03. The van der Waals surface area contributed by atoms with E-state index in [0.717, 1.165) is 38.0 Å². The van der Waals surface area contributed by atoms with Crippen LogP contribution in [0.5, 0.6) is 0 Å². The Balaban J connectivity index is 1.78. The largest absolute Gasteiger partial charge is 0.349 e. The van der Waals surface area contributed by atoms with Crippen molar-refractivity contribution < 1.29 is 8.42 Å². The van der Waals surface area contributed by atoms with Gasteiger partial charge in [-0.05, 0) is 49.3 Å². The topological polar surface area (TPSA) is 62.3 Å². The second kappa shape index (κ2) is 7.85. The zero-order valence-corrected chi connectivity index (χ0v) is 16.3. The highest BCUT2D eigenvalue weighted by molar-refractivity contribution is 7.89. The lowest BCUT2D eigenvalue weighted by molar-refractivity contribution is 0.530. The Labute approximate surface area is 154 Å². The summed E-state index contributed by atoms with van der Waals surface area (Å²) in [6.07, 6.45) is 5.26. The number of nitrogens with one attached hydrogen (secondary N) is 1. The molecule has 0 bridgehead atoms. The van der Waals surface area contributed by atoms with Crippen LogP contribution >= 0.6 is 11.3 Å². The van der Waals surface area contributed by atoms with Crippen LogP contribution in [-0.4, -0.2) is 26.0 Å². The van der Waals surface area contributed by atoms with Crippen LogP contribution in [0.4, 0.5) is 5.82 Å². The maximum Gasteiger partial charge on any atom is 0.242 e. The molecule has 0 saturated carbocycles. The van der Waals surface area contributed by atoms with E-state index in [-0.39, 0.29) is 10.9 Å². The number of thiophene rings is 1. The van der Waals surface area contributed by atoms with Crippen molar-refractivity contribution >= 4 is 27.2 Å². The first-order valence-corrected chi connectivity index (χ1v) is 11.2. The molecule has 5 nitrogen and oxygen atoms in total. The molecule has 1 unspecified atom stereocenters. The summed E-state index contributed by atoms with van der Waals surface area (Å²) in [6.45, 7) is 4.92. The van der Waals surface area contributed by atoms with E-state index >= 15 is 0 Å². The number of aromatic nitrogens is 1. The van der Waals surface area contributed by atoms with Crippen LogP contribution in [0, 0.1) is 0 Å². The molecule has 0 aromatic carbocycles. The SMILES string of the molecule is CCC(CC)NS(=O)(=O)c1ccc(N2CCCC2c2cccs2)nc1. The number of hydrogen-bond donors (Lipinski definition) is 1. The highest BCUT2D eigenvalue weighted by Crippen LogP contribution is 2.37. The Bertz CT molecular complexity index is 769. The van der Waals surface area contributed by atoms with Gasteiger partial charge >= 0.3 is 0 Å². The molecule has 1 atom stereocenters. The van der Waals surface area contributed by atoms with Gasteiger partial charge in [0.05, 0.1) is 6.04 Å². The smallest absolute Gasteiger partial charge is 0.242 e. The number of anilines is 1. The molecule has 1 fully saturated rings. The van der Waals surface area contributed by atoms with Crippen LogP contribution in [-0.2, 0) is 10.0 Å². The van der Waals surface area contributed by atoms with Crippen molar-refractivity contribution in [2.45, 2.75) is 56.5 Å². The summed E-state index contributed by atoms with van der Waals surface area (Å²) >= 11 is 1.76.